The molecule has 7 aromatic carbocycles. The van der Waals surface area contributed by atoms with Crippen LogP contribution in [0.25, 0.3) is 0 Å². The molecule has 0 spiro atoms. The summed E-state index contributed by atoms with van der Waals surface area (Å²) in [6.07, 6.45) is 3.52. The summed E-state index contributed by atoms with van der Waals surface area (Å²) in [5.74, 6) is 0. The fourth-order valence-corrected chi connectivity index (χ4v) is 10.8. The second-order valence-electron chi connectivity index (χ2n) is 11.7. The number of halogens is 2. The molecule has 2 nitrogen and oxygen atoms in total. The number of benzene rings is 7. The maximum Gasteiger partial charge on any atom is 1.00 e. The Balaban J connectivity index is 0.000000178. The summed E-state index contributed by atoms with van der Waals surface area (Å²) >= 11 is 9.53. The fourth-order valence-electron chi connectivity index (χ4n) is 5.67. The van der Waals surface area contributed by atoms with Gasteiger partial charge in [-0.2, -0.15) is 6.20 Å². The van der Waals surface area contributed by atoms with Crippen molar-refractivity contribution in [3.8, 4) is 0 Å². The van der Waals surface area contributed by atoms with Crippen LogP contribution >= 0.6 is 39.0 Å². The van der Waals surface area contributed by atoms with E-state index in [0.29, 0.717) is 0 Å². The van der Waals surface area contributed by atoms with Gasteiger partial charge in [0.1, 0.15) is 31.8 Å². The summed E-state index contributed by atoms with van der Waals surface area (Å²) in [5.41, 5.74) is 1.84. The molecule has 278 valence electrons. The first kappa shape index (κ1) is 43.2. The number of aromatic nitrogens is 1. The second-order valence-corrected chi connectivity index (χ2v) is 17.5. The molecule has 0 N–H and O–H groups in total. The van der Waals surface area contributed by atoms with E-state index in [-0.39, 0.29) is 22.4 Å². The van der Waals surface area contributed by atoms with Crippen molar-refractivity contribution in [1.29, 1.82) is 0 Å². The Morgan fingerprint density at radius 2 is 0.636 bits per heavy atom. The van der Waals surface area contributed by atoms with Gasteiger partial charge in [0, 0.05) is 6.21 Å². The van der Waals surface area contributed by atoms with Gasteiger partial charge >= 0.3 is 17.1 Å². The number of alkyl halides is 2. The molecule has 0 aliphatic rings. The standard InChI is InChI=1S/2C18H15P.C11H9N2.CH2Cl2.Cu/c2*1-4-10-16(11-5-1)19(17-12-6-2-7-13-17)18-14-8-3-9-15-18;1-2-5-10(6-3-1)13-9-11-7-4-8-12-11;2-1-3;/h2*1-15H;1-9H;1H2;/q;;-1;;+1/p+2. The van der Waals surface area contributed by atoms with E-state index < -0.39 is 15.8 Å². The van der Waals surface area contributed by atoms with Crippen molar-refractivity contribution in [3.05, 3.63) is 236 Å². The van der Waals surface area contributed by atoms with Crippen molar-refractivity contribution in [3.63, 3.8) is 0 Å². The third-order valence-corrected chi connectivity index (χ3v) is 13.5. The number of aliphatic imine (C=N–C) groups is 1. The molecule has 0 unspecified atom stereocenters. The summed E-state index contributed by atoms with van der Waals surface area (Å²) in [5, 5.41) is 8.81. The Bertz CT molecular complexity index is 1840. The Hall–Kier alpha value is -4.55. The molecule has 0 aliphatic carbocycles. The van der Waals surface area contributed by atoms with Gasteiger partial charge in [-0.15, -0.1) is 28.9 Å². The van der Waals surface area contributed by atoms with E-state index in [1.807, 2.05) is 42.5 Å². The van der Waals surface area contributed by atoms with E-state index in [1.54, 1.807) is 12.4 Å². The molecule has 0 atom stereocenters. The van der Waals surface area contributed by atoms with E-state index >= 15 is 0 Å². The quantitative estimate of drug-likeness (QED) is 0.0648. The maximum absolute atomic E-state index is 4.76. The van der Waals surface area contributed by atoms with Crippen molar-refractivity contribution in [2.24, 2.45) is 4.99 Å². The van der Waals surface area contributed by atoms with Crippen LogP contribution in [-0.2, 0) is 17.1 Å². The average Bonchev–Trinajstić information content (AvgIpc) is 3.78. The topological polar surface area (TPSA) is 26.5 Å². The minimum absolute atomic E-state index is 0. The normalized spacial score (nSPS) is 10.2. The van der Waals surface area contributed by atoms with Crippen molar-refractivity contribution in [1.82, 2.24) is 4.98 Å². The number of para-hydroxylation sites is 1. The smallest absolute Gasteiger partial charge is 0.663 e. The van der Waals surface area contributed by atoms with E-state index in [9.17, 15) is 0 Å². The molecule has 0 saturated carbocycles. The number of hydrogen-bond acceptors (Lipinski definition) is 1. The van der Waals surface area contributed by atoms with E-state index in [2.05, 4.69) is 192 Å². The SMILES string of the molecule is C(=Nc1ccccc1)c1ccc[n-]1.ClCCl.[Cu+].c1ccc([PH+](c2ccccc2)c2ccccc2)cc1.c1ccc([PH+](c2ccccc2)c2ccccc2)cc1. The first-order chi connectivity index (χ1) is 26.8. The Labute approximate surface area is 349 Å². The van der Waals surface area contributed by atoms with Crippen molar-refractivity contribution in [2.45, 2.75) is 0 Å². The molecule has 55 heavy (non-hydrogen) atoms. The second kappa shape index (κ2) is 25.5. The predicted octanol–water partition coefficient (Wildman–Crippen LogP) is 10.2. The van der Waals surface area contributed by atoms with Gasteiger partial charge in [0.15, 0.2) is 0 Å². The molecule has 0 amide bonds. The third-order valence-electron chi connectivity index (χ3n) is 8.05. The summed E-state index contributed by atoms with van der Waals surface area (Å²) in [4.78, 5) is 8.34. The van der Waals surface area contributed by atoms with Crippen LogP contribution in [0, 0.1) is 0 Å². The summed E-state index contributed by atoms with van der Waals surface area (Å²) in [6, 6.07) is 78.6. The molecule has 0 bridgehead atoms. The number of rotatable bonds is 8. The Morgan fingerprint density at radius 1 is 0.382 bits per heavy atom. The van der Waals surface area contributed by atoms with Crippen molar-refractivity contribution >= 4 is 82.8 Å². The molecule has 0 saturated heterocycles. The zero-order chi connectivity index (χ0) is 37.5. The third kappa shape index (κ3) is 14.6. The number of nitrogens with zero attached hydrogens (tertiary/aromatic N) is 2. The van der Waals surface area contributed by atoms with Gasteiger partial charge in [0.2, 0.25) is 0 Å². The van der Waals surface area contributed by atoms with Gasteiger partial charge in [-0.05, 0) is 84.9 Å². The predicted molar refractivity (Wildman–Crippen MR) is 243 cm³/mol. The zero-order valence-corrected chi connectivity index (χ0v) is 34.6. The van der Waals surface area contributed by atoms with Gasteiger partial charge in [0.25, 0.3) is 0 Å². The van der Waals surface area contributed by atoms with Crippen LogP contribution in [0.5, 0.6) is 0 Å². The fraction of sp³-hybridized carbons (Fsp3) is 0.0208. The maximum atomic E-state index is 4.76. The van der Waals surface area contributed by atoms with Crippen LogP contribution in [0.4, 0.5) is 5.69 Å². The van der Waals surface area contributed by atoms with Crippen LogP contribution < -0.4 is 36.8 Å². The van der Waals surface area contributed by atoms with Crippen LogP contribution in [0.2, 0.25) is 0 Å². The van der Waals surface area contributed by atoms with Gasteiger partial charge in [-0.25, -0.2) is 0 Å². The summed E-state index contributed by atoms with van der Waals surface area (Å²) < 4.78 is 0. The van der Waals surface area contributed by atoms with Gasteiger partial charge in [0.05, 0.1) is 26.9 Å². The van der Waals surface area contributed by atoms with Crippen LogP contribution in [0.1, 0.15) is 5.69 Å². The molecular weight excluding hydrogens is 801 g/mol. The summed E-state index contributed by atoms with van der Waals surface area (Å²) in [6.45, 7) is 0. The Morgan fingerprint density at radius 3 is 0.873 bits per heavy atom. The first-order valence-electron chi connectivity index (χ1n) is 17.6. The zero-order valence-electron chi connectivity index (χ0n) is 30.2. The van der Waals surface area contributed by atoms with E-state index in [1.165, 1.54) is 31.8 Å². The Kier molecular flexibility index (Phi) is 20.0. The average molecular weight is 844 g/mol. The van der Waals surface area contributed by atoms with Gasteiger partial charge in [-0.3, -0.25) is 4.99 Å². The van der Waals surface area contributed by atoms with E-state index in [0.717, 1.165) is 11.4 Å². The van der Waals surface area contributed by atoms with Crippen LogP contribution in [0.3, 0.4) is 0 Å². The molecule has 8 rings (SSSR count). The molecule has 1 heterocycles. The minimum Gasteiger partial charge on any atom is -0.663 e. The van der Waals surface area contributed by atoms with Crippen LogP contribution in [-0.4, -0.2) is 11.6 Å². The molecule has 7 heteroatoms. The molecule has 0 aliphatic heterocycles. The molecule has 8 aromatic rings. The molecule has 0 fully saturated rings. The monoisotopic (exact) mass is 842 g/mol. The van der Waals surface area contributed by atoms with Gasteiger partial charge in [-0.1, -0.05) is 140 Å². The number of hydrogen-bond donors (Lipinski definition) is 0. The summed E-state index contributed by atoms with van der Waals surface area (Å²) in [7, 11) is -1.75. The van der Waals surface area contributed by atoms with Crippen LogP contribution in [0.15, 0.2) is 236 Å². The van der Waals surface area contributed by atoms with Gasteiger partial charge < -0.3 is 4.98 Å². The molecule has 1 aromatic heterocycles. The van der Waals surface area contributed by atoms with Crippen molar-refractivity contribution in [2.75, 3.05) is 5.34 Å². The van der Waals surface area contributed by atoms with E-state index in [4.69, 9.17) is 23.2 Å². The largest absolute Gasteiger partial charge is 1.00 e. The molecule has 0 radical (unpaired) electrons. The first-order valence-corrected chi connectivity index (χ1v) is 21.7. The van der Waals surface area contributed by atoms with Crippen molar-refractivity contribution < 1.29 is 17.1 Å². The molecular formula is C48H43Cl2CuN2P2+2. The minimum atomic E-state index is -0.877.